The Kier molecular flexibility index (Phi) is 8.11. The van der Waals surface area contributed by atoms with Crippen molar-refractivity contribution in [3.63, 3.8) is 0 Å². The van der Waals surface area contributed by atoms with Gasteiger partial charge in [-0.2, -0.15) is 0 Å². The van der Waals surface area contributed by atoms with Crippen molar-refractivity contribution < 1.29 is 23.5 Å². The van der Waals surface area contributed by atoms with E-state index in [0.29, 0.717) is 23.5 Å². The predicted octanol–water partition coefficient (Wildman–Crippen LogP) is 4.52. The number of ether oxygens (including phenoxy) is 2. The highest BCUT2D eigenvalue weighted by Crippen LogP contribution is 2.24. The normalized spacial score (nSPS) is 15.0. The van der Waals surface area contributed by atoms with Gasteiger partial charge in [0, 0.05) is 24.4 Å². The molecule has 3 aromatic rings. The lowest BCUT2D eigenvalue weighted by Crippen LogP contribution is -2.33. The van der Waals surface area contributed by atoms with Gasteiger partial charge in [0.25, 0.3) is 5.91 Å². The first-order valence-corrected chi connectivity index (χ1v) is 11.7. The maximum Gasteiger partial charge on any atom is 0.258 e. The quantitative estimate of drug-likeness (QED) is 0.493. The molecule has 1 aliphatic heterocycles. The third-order valence-corrected chi connectivity index (χ3v) is 5.95. The Morgan fingerprint density at radius 2 is 1.86 bits per heavy atom. The Labute approximate surface area is 204 Å². The fraction of sp³-hybridized carbons (Fsp3) is 0.286. The van der Waals surface area contributed by atoms with Gasteiger partial charge in [-0.25, -0.2) is 4.39 Å². The number of carbonyl (C=O) groups is 2. The molecule has 1 fully saturated rings. The van der Waals surface area contributed by atoms with Crippen LogP contribution in [0.2, 0.25) is 0 Å². The highest BCUT2D eigenvalue weighted by atomic mass is 19.1. The molecule has 1 unspecified atom stereocenters. The lowest BCUT2D eigenvalue weighted by molar-refractivity contribution is -0.120. The van der Waals surface area contributed by atoms with Crippen molar-refractivity contribution in [2.75, 3.05) is 25.2 Å². The summed E-state index contributed by atoms with van der Waals surface area (Å²) in [6.07, 6.45) is 2.25. The van der Waals surface area contributed by atoms with Crippen LogP contribution in [0, 0.1) is 5.82 Å². The highest BCUT2D eigenvalue weighted by molar-refractivity contribution is 6.06. The van der Waals surface area contributed by atoms with Gasteiger partial charge in [0.2, 0.25) is 5.91 Å². The predicted molar refractivity (Wildman–Crippen MR) is 132 cm³/mol. The molecule has 1 heterocycles. The molecule has 1 N–H and O–H groups in total. The topological polar surface area (TPSA) is 67.9 Å². The number of anilines is 1. The van der Waals surface area contributed by atoms with Crippen LogP contribution in [-0.4, -0.2) is 38.2 Å². The second-order valence-corrected chi connectivity index (χ2v) is 8.54. The number of carbonyl (C=O) groups excluding carboxylic acids is 2. The number of hydrogen-bond donors (Lipinski definition) is 1. The van der Waals surface area contributed by atoms with E-state index in [1.54, 1.807) is 48.4 Å². The van der Waals surface area contributed by atoms with Gasteiger partial charge in [-0.1, -0.05) is 30.3 Å². The summed E-state index contributed by atoms with van der Waals surface area (Å²) in [4.78, 5) is 27.7. The van der Waals surface area contributed by atoms with Crippen LogP contribution in [0.1, 0.15) is 34.3 Å². The second-order valence-electron chi connectivity index (χ2n) is 8.54. The smallest absolute Gasteiger partial charge is 0.258 e. The summed E-state index contributed by atoms with van der Waals surface area (Å²) in [5, 5.41) is 2.93. The lowest BCUT2D eigenvalue weighted by atomic mass is 10.1. The van der Waals surface area contributed by atoms with Gasteiger partial charge in [-0.15, -0.1) is 0 Å². The minimum absolute atomic E-state index is 0.0805. The average molecular weight is 477 g/mol. The van der Waals surface area contributed by atoms with E-state index < -0.39 is 0 Å². The fourth-order valence-electron chi connectivity index (χ4n) is 4.08. The zero-order valence-corrected chi connectivity index (χ0v) is 19.7. The summed E-state index contributed by atoms with van der Waals surface area (Å²) in [5.41, 5.74) is 2.68. The van der Waals surface area contributed by atoms with E-state index in [-0.39, 0.29) is 36.7 Å². The Hall–Kier alpha value is -3.71. The van der Waals surface area contributed by atoms with E-state index in [0.717, 1.165) is 30.6 Å². The van der Waals surface area contributed by atoms with Crippen LogP contribution in [0.5, 0.6) is 5.75 Å². The number of rotatable bonds is 9. The average Bonchev–Trinajstić information content (AvgIpc) is 3.41. The SMILES string of the molecule is COc1cccc(C(=O)N(Cc2ccc(F)cc2)c2cccc(CC(=O)NCC3CCCO3)c2)c1. The van der Waals surface area contributed by atoms with Crippen LogP contribution >= 0.6 is 0 Å². The number of amides is 2. The van der Waals surface area contributed by atoms with E-state index in [9.17, 15) is 14.0 Å². The summed E-state index contributed by atoms with van der Waals surface area (Å²) >= 11 is 0. The molecule has 35 heavy (non-hydrogen) atoms. The van der Waals surface area contributed by atoms with Gasteiger partial charge < -0.3 is 19.7 Å². The maximum absolute atomic E-state index is 13.6. The molecule has 0 spiro atoms. The summed E-state index contributed by atoms with van der Waals surface area (Å²) in [6.45, 7) is 1.49. The Morgan fingerprint density at radius 3 is 2.60 bits per heavy atom. The molecule has 0 radical (unpaired) electrons. The summed E-state index contributed by atoms with van der Waals surface area (Å²) in [5.74, 6) is -0.0836. The molecular formula is C28H29FN2O4. The van der Waals surface area contributed by atoms with Crippen molar-refractivity contribution in [1.29, 1.82) is 0 Å². The van der Waals surface area contributed by atoms with Crippen molar-refractivity contribution in [2.45, 2.75) is 31.9 Å². The first-order chi connectivity index (χ1) is 17.0. The van der Waals surface area contributed by atoms with Gasteiger partial charge in [-0.3, -0.25) is 9.59 Å². The first-order valence-electron chi connectivity index (χ1n) is 11.7. The first kappa shape index (κ1) is 24.4. The van der Waals surface area contributed by atoms with Crippen LogP contribution in [0.15, 0.2) is 72.8 Å². The number of nitrogens with one attached hydrogen (secondary N) is 1. The molecule has 6 nitrogen and oxygen atoms in total. The standard InChI is InChI=1S/C28H29FN2O4/c1-34-25-8-3-6-22(17-25)28(33)31(19-20-10-12-23(29)13-11-20)24-7-2-5-21(15-24)16-27(32)30-18-26-9-4-14-35-26/h2-3,5-8,10-13,15,17,26H,4,9,14,16,18-19H2,1H3,(H,30,32). The lowest BCUT2D eigenvalue weighted by Gasteiger charge is -2.24. The molecule has 0 aliphatic carbocycles. The van der Waals surface area contributed by atoms with Crippen LogP contribution in [0.25, 0.3) is 0 Å². The van der Waals surface area contributed by atoms with E-state index >= 15 is 0 Å². The number of nitrogens with zero attached hydrogens (tertiary/aromatic N) is 1. The number of hydrogen-bond acceptors (Lipinski definition) is 4. The number of halogens is 1. The molecule has 2 amide bonds. The molecule has 3 aromatic carbocycles. The molecule has 0 saturated carbocycles. The molecule has 1 aliphatic rings. The van der Waals surface area contributed by atoms with Gasteiger partial charge >= 0.3 is 0 Å². The number of methoxy groups -OCH3 is 1. The van der Waals surface area contributed by atoms with Crippen molar-refractivity contribution in [3.05, 3.63) is 95.3 Å². The van der Waals surface area contributed by atoms with Gasteiger partial charge in [0.15, 0.2) is 0 Å². The van der Waals surface area contributed by atoms with Crippen molar-refractivity contribution >= 4 is 17.5 Å². The van der Waals surface area contributed by atoms with E-state index in [1.807, 2.05) is 24.3 Å². The minimum atomic E-state index is -0.338. The van der Waals surface area contributed by atoms with Crippen molar-refractivity contribution in [1.82, 2.24) is 5.32 Å². The summed E-state index contributed by atoms with van der Waals surface area (Å²) in [7, 11) is 1.55. The molecule has 0 aromatic heterocycles. The van der Waals surface area contributed by atoms with Crippen molar-refractivity contribution in [2.24, 2.45) is 0 Å². The van der Waals surface area contributed by atoms with Crippen LogP contribution < -0.4 is 15.0 Å². The largest absolute Gasteiger partial charge is 0.497 e. The number of benzene rings is 3. The molecule has 7 heteroatoms. The van der Waals surface area contributed by atoms with Gasteiger partial charge in [0.05, 0.1) is 26.2 Å². The maximum atomic E-state index is 13.6. The molecule has 4 rings (SSSR count). The van der Waals surface area contributed by atoms with E-state index in [4.69, 9.17) is 9.47 Å². The third kappa shape index (κ3) is 6.67. The Balaban J connectivity index is 1.55. The molecule has 1 saturated heterocycles. The minimum Gasteiger partial charge on any atom is -0.497 e. The Morgan fingerprint density at radius 1 is 1.06 bits per heavy atom. The van der Waals surface area contributed by atoms with Crippen LogP contribution in [0.3, 0.4) is 0 Å². The second kappa shape index (κ2) is 11.6. The monoisotopic (exact) mass is 476 g/mol. The van der Waals surface area contributed by atoms with E-state index in [1.165, 1.54) is 12.1 Å². The van der Waals surface area contributed by atoms with Gasteiger partial charge in [-0.05, 0) is 66.4 Å². The van der Waals surface area contributed by atoms with Crippen LogP contribution in [0.4, 0.5) is 10.1 Å². The fourth-order valence-corrected chi connectivity index (χ4v) is 4.08. The Bertz CT molecular complexity index is 1160. The zero-order valence-electron chi connectivity index (χ0n) is 19.7. The molecule has 1 atom stereocenters. The van der Waals surface area contributed by atoms with Crippen molar-refractivity contribution in [3.8, 4) is 5.75 Å². The van der Waals surface area contributed by atoms with Crippen LogP contribution in [-0.2, 0) is 22.5 Å². The van der Waals surface area contributed by atoms with E-state index in [2.05, 4.69) is 5.32 Å². The molecular weight excluding hydrogens is 447 g/mol. The third-order valence-electron chi connectivity index (χ3n) is 5.95. The highest BCUT2D eigenvalue weighted by Gasteiger charge is 2.20. The summed E-state index contributed by atoms with van der Waals surface area (Å²) < 4.78 is 24.3. The molecule has 0 bridgehead atoms. The van der Waals surface area contributed by atoms with Gasteiger partial charge in [0.1, 0.15) is 11.6 Å². The molecule has 182 valence electrons. The zero-order chi connectivity index (χ0) is 24.6. The summed E-state index contributed by atoms with van der Waals surface area (Å²) in [6, 6.07) is 20.4.